The molecule has 0 saturated heterocycles. The number of halogens is 3. The highest BCUT2D eigenvalue weighted by molar-refractivity contribution is 6.30. The zero-order valence-electron chi connectivity index (χ0n) is 11.6. The van der Waals surface area contributed by atoms with E-state index in [-0.39, 0.29) is 10.4 Å². The lowest BCUT2D eigenvalue weighted by molar-refractivity contribution is 0.627. The molecule has 1 unspecified atom stereocenters. The third-order valence-corrected chi connectivity index (χ3v) is 3.85. The molecule has 0 spiro atoms. The van der Waals surface area contributed by atoms with E-state index < -0.39 is 5.82 Å². The number of hydrogen-bond acceptors (Lipinski definition) is 1. The van der Waals surface area contributed by atoms with Crippen LogP contribution in [0.5, 0.6) is 0 Å². The summed E-state index contributed by atoms with van der Waals surface area (Å²) in [6.45, 7) is 3.85. The first kappa shape index (κ1) is 14.4. The minimum Gasteiger partial charge on any atom is -0.295 e. The summed E-state index contributed by atoms with van der Waals surface area (Å²) < 4.78 is 15.7. The van der Waals surface area contributed by atoms with Crippen LogP contribution < -0.4 is 0 Å². The Morgan fingerprint density at radius 3 is 2.62 bits per heavy atom. The van der Waals surface area contributed by atoms with Crippen molar-refractivity contribution in [3.63, 3.8) is 0 Å². The van der Waals surface area contributed by atoms with Gasteiger partial charge in [-0.2, -0.15) is 0 Å². The molecule has 108 valence electrons. The maximum absolute atomic E-state index is 13.8. The van der Waals surface area contributed by atoms with Crippen molar-refractivity contribution in [2.45, 2.75) is 19.2 Å². The molecule has 21 heavy (non-hydrogen) atoms. The predicted molar refractivity (Wildman–Crippen MR) is 85.0 cm³/mol. The van der Waals surface area contributed by atoms with Gasteiger partial charge in [0, 0.05) is 0 Å². The second-order valence-corrected chi connectivity index (χ2v) is 6.07. The standard InChI is InChI=1S/C16H13Cl2FN2/c1-9-3-6-14-15(7-9)21(16(20-14)10(2)17)11-4-5-12(18)13(19)8-11/h3-8,10H,1-2H3. The van der Waals surface area contributed by atoms with E-state index in [0.29, 0.717) is 11.5 Å². The molecule has 2 nitrogen and oxygen atoms in total. The zero-order valence-corrected chi connectivity index (χ0v) is 13.1. The van der Waals surface area contributed by atoms with E-state index in [1.54, 1.807) is 6.07 Å². The molecule has 0 aliphatic rings. The number of aryl methyl sites for hydroxylation is 1. The number of nitrogens with zero attached hydrogens (tertiary/aromatic N) is 2. The molecule has 0 radical (unpaired) electrons. The molecular weight excluding hydrogens is 310 g/mol. The first-order chi connectivity index (χ1) is 9.97. The van der Waals surface area contributed by atoms with Gasteiger partial charge in [-0.15, -0.1) is 11.6 Å². The third-order valence-electron chi connectivity index (χ3n) is 3.35. The summed E-state index contributed by atoms with van der Waals surface area (Å²) in [5.41, 5.74) is 3.50. The second-order valence-electron chi connectivity index (χ2n) is 5.01. The molecule has 3 rings (SSSR count). The van der Waals surface area contributed by atoms with E-state index in [9.17, 15) is 4.39 Å². The molecular formula is C16H13Cl2FN2. The summed E-state index contributed by atoms with van der Waals surface area (Å²) in [6, 6.07) is 10.6. The van der Waals surface area contributed by atoms with Crippen molar-refractivity contribution >= 4 is 34.2 Å². The Kier molecular flexibility index (Phi) is 3.64. The van der Waals surface area contributed by atoms with Gasteiger partial charge >= 0.3 is 0 Å². The van der Waals surface area contributed by atoms with Gasteiger partial charge in [-0.1, -0.05) is 17.7 Å². The van der Waals surface area contributed by atoms with Gasteiger partial charge < -0.3 is 0 Å². The van der Waals surface area contributed by atoms with Crippen molar-refractivity contribution in [3.05, 3.63) is 58.6 Å². The monoisotopic (exact) mass is 322 g/mol. The van der Waals surface area contributed by atoms with E-state index in [1.807, 2.05) is 36.6 Å². The van der Waals surface area contributed by atoms with E-state index in [0.717, 1.165) is 16.6 Å². The Balaban J connectivity index is 2.35. The first-order valence-corrected chi connectivity index (χ1v) is 7.37. The van der Waals surface area contributed by atoms with Gasteiger partial charge in [-0.25, -0.2) is 9.37 Å². The van der Waals surface area contributed by atoms with E-state index in [1.165, 1.54) is 12.1 Å². The van der Waals surface area contributed by atoms with Gasteiger partial charge in [0.25, 0.3) is 0 Å². The summed E-state index contributed by atoms with van der Waals surface area (Å²) in [5.74, 6) is 0.218. The molecule has 1 heterocycles. The molecule has 1 aromatic heterocycles. The Labute approximate surface area is 132 Å². The lowest BCUT2D eigenvalue weighted by Gasteiger charge is -2.11. The average Bonchev–Trinajstić information content (AvgIpc) is 2.80. The van der Waals surface area contributed by atoms with Crippen molar-refractivity contribution < 1.29 is 4.39 Å². The van der Waals surface area contributed by atoms with Crippen LogP contribution in [0.4, 0.5) is 4.39 Å². The SMILES string of the molecule is Cc1ccc2nc(C(C)Cl)n(-c3ccc(Cl)c(F)c3)c2c1. The summed E-state index contributed by atoms with van der Waals surface area (Å²) >= 11 is 12.0. The maximum Gasteiger partial charge on any atom is 0.143 e. The number of benzene rings is 2. The van der Waals surface area contributed by atoms with Crippen molar-refractivity contribution in [1.82, 2.24) is 9.55 Å². The molecule has 0 bridgehead atoms. The minimum absolute atomic E-state index is 0.0971. The number of hydrogen-bond donors (Lipinski definition) is 0. The topological polar surface area (TPSA) is 17.8 Å². The van der Waals surface area contributed by atoms with Crippen LogP contribution in [0, 0.1) is 12.7 Å². The Morgan fingerprint density at radius 2 is 1.95 bits per heavy atom. The van der Waals surface area contributed by atoms with Gasteiger partial charge in [-0.05, 0) is 49.7 Å². The minimum atomic E-state index is -0.461. The van der Waals surface area contributed by atoms with Crippen LogP contribution in [-0.4, -0.2) is 9.55 Å². The van der Waals surface area contributed by atoms with Gasteiger partial charge in [0.2, 0.25) is 0 Å². The summed E-state index contributed by atoms with van der Waals surface area (Å²) in [6.07, 6.45) is 0. The molecule has 3 aromatic rings. The molecule has 5 heteroatoms. The third kappa shape index (κ3) is 2.52. The van der Waals surface area contributed by atoms with E-state index in [2.05, 4.69) is 4.98 Å². The lowest BCUT2D eigenvalue weighted by atomic mass is 10.2. The largest absolute Gasteiger partial charge is 0.295 e. The van der Waals surface area contributed by atoms with Crippen molar-refractivity contribution in [2.24, 2.45) is 0 Å². The fourth-order valence-electron chi connectivity index (χ4n) is 2.37. The quantitative estimate of drug-likeness (QED) is 0.575. The summed E-state index contributed by atoms with van der Waals surface area (Å²) in [5, 5.41) is -0.198. The number of rotatable bonds is 2. The van der Waals surface area contributed by atoms with Crippen molar-refractivity contribution in [1.29, 1.82) is 0 Å². The molecule has 0 aliphatic carbocycles. The lowest BCUT2D eigenvalue weighted by Crippen LogP contribution is -2.02. The fraction of sp³-hybridized carbons (Fsp3) is 0.188. The number of alkyl halides is 1. The van der Waals surface area contributed by atoms with Crippen LogP contribution in [0.3, 0.4) is 0 Å². The summed E-state index contributed by atoms with van der Waals surface area (Å²) in [4.78, 5) is 4.56. The van der Waals surface area contributed by atoms with Gasteiger partial charge in [0.15, 0.2) is 0 Å². The highest BCUT2D eigenvalue weighted by Crippen LogP contribution is 2.30. The van der Waals surface area contributed by atoms with E-state index >= 15 is 0 Å². The Morgan fingerprint density at radius 1 is 1.19 bits per heavy atom. The smallest absolute Gasteiger partial charge is 0.143 e. The summed E-state index contributed by atoms with van der Waals surface area (Å²) in [7, 11) is 0. The molecule has 0 saturated carbocycles. The molecule has 0 aliphatic heterocycles. The number of aromatic nitrogens is 2. The maximum atomic E-state index is 13.8. The van der Waals surface area contributed by atoms with Crippen LogP contribution in [0.1, 0.15) is 23.7 Å². The predicted octanol–water partition coefficient (Wildman–Crippen LogP) is 5.43. The molecule has 0 N–H and O–H groups in total. The molecule has 0 amide bonds. The van der Waals surface area contributed by atoms with Crippen molar-refractivity contribution in [3.8, 4) is 5.69 Å². The van der Waals surface area contributed by atoms with Gasteiger partial charge in [0.05, 0.1) is 27.1 Å². The Bertz CT molecular complexity index is 825. The molecule has 0 fully saturated rings. The highest BCUT2D eigenvalue weighted by Gasteiger charge is 2.17. The van der Waals surface area contributed by atoms with Crippen LogP contribution in [0.2, 0.25) is 5.02 Å². The second kappa shape index (κ2) is 5.32. The first-order valence-electron chi connectivity index (χ1n) is 6.56. The normalized spacial score (nSPS) is 12.8. The van der Waals surface area contributed by atoms with Gasteiger partial charge in [-0.3, -0.25) is 4.57 Å². The Hall–Kier alpha value is -1.58. The molecule has 2 aromatic carbocycles. The fourth-order valence-corrected chi connectivity index (χ4v) is 2.63. The number of imidazole rings is 1. The van der Waals surface area contributed by atoms with Gasteiger partial charge in [0.1, 0.15) is 11.6 Å². The average molecular weight is 323 g/mol. The van der Waals surface area contributed by atoms with Crippen LogP contribution in [0.15, 0.2) is 36.4 Å². The zero-order chi connectivity index (χ0) is 15.1. The highest BCUT2D eigenvalue weighted by atomic mass is 35.5. The van der Waals surface area contributed by atoms with Crippen LogP contribution in [0.25, 0.3) is 16.7 Å². The van der Waals surface area contributed by atoms with Crippen LogP contribution >= 0.6 is 23.2 Å². The number of fused-ring (bicyclic) bond motifs is 1. The molecule has 1 atom stereocenters. The van der Waals surface area contributed by atoms with Crippen LogP contribution in [-0.2, 0) is 0 Å². The van der Waals surface area contributed by atoms with E-state index in [4.69, 9.17) is 23.2 Å². The van der Waals surface area contributed by atoms with Crippen molar-refractivity contribution in [2.75, 3.05) is 0 Å².